The fraction of sp³-hybridized carbons (Fsp3) is 0.273. The second kappa shape index (κ2) is 7.02. The molecule has 0 heterocycles. The number of allylic oxidation sites excluding steroid dienone is 2. The van der Waals surface area contributed by atoms with Crippen molar-refractivity contribution in [2.45, 2.75) is 31.5 Å². The molecule has 2 aromatic carbocycles. The van der Waals surface area contributed by atoms with Crippen LogP contribution in [-0.2, 0) is 0 Å². The number of Topliss-reactive ketones (excluding diaryl/α,β-unsaturated/α-hetero) is 2. The molecule has 2 aromatic rings. The first-order chi connectivity index (χ1) is 14.4. The van der Waals surface area contributed by atoms with Crippen LogP contribution < -0.4 is 0 Å². The van der Waals surface area contributed by atoms with Gasteiger partial charge in [-0.15, -0.1) is 0 Å². The predicted octanol–water partition coefficient (Wildman–Crippen LogP) is 6.19. The largest absolute Gasteiger partial charge is 0.289 e. The average molecular weight is 390 g/mol. The molecule has 0 amide bonds. The summed E-state index contributed by atoms with van der Waals surface area (Å²) in [5, 5.41) is -0.0845. The van der Waals surface area contributed by atoms with Crippen LogP contribution in [0.1, 0.15) is 64.6 Å². The van der Waals surface area contributed by atoms with Crippen LogP contribution >= 0.6 is 23.2 Å². The Hall–Kier alpha value is -1.90. The first-order valence-electron chi connectivity index (χ1n) is 10.7. The molecule has 1 saturated carbocycles. The number of fused-ring (bicyclic) bond motifs is 1. The van der Waals surface area contributed by atoms with Gasteiger partial charge < -0.3 is 0 Å². The Kier molecular flexibility index (Phi) is 3.37. The Morgan fingerprint density at radius 1 is 0.885 bits per heavy atom. The lowest BCUT2D eigenvalue weighted by molar-refractivity contribution is 0.0966. The summed E-state index contributed by atoms with van der Waals surface area (Å²) in [5.41, 5.74) is 0.156. The maximum absolute atomic E-state index is 13.3. The van der Waals surface area contributed by atoms with Crippen LogP contribution in [0.15, 0.2) is 59.1 Å². The number of rotatable bonds is 2. The lowest BCUT2D eigenvalue weighted by Gasteiger charge is -2.32. The number of ketones is 2. The molecule has 0 radical (unpaired) electrons. The topological polar surface area (TPSA) is 34.1 Å². The zero-order valence-corrected chi connectivity index (χ0v) is 15.2. The maximum Gasteiger partial charge on any atom is 0.205 e. The lowest BCUT2D eigenvalue weighted by atomic mass is 9.72. The SMILES string of the molecule is [2H]C1([2H])CC(c2ccc(Cl)cc2)CC([2H])([2H])C1([2H])C1=C(Cl)C(=O)c2ccccc2C1=O. The molecule has 4 heteroatoms. The summed E-state index contributed by atoms with van der Waals surface area (Å²) in [4.78, 5) is 26.1. The molecule has 0 spiro atoms. The van der Waals surface area contributed by atoms with Crippen molar-refractivity contribution in [3.8, 4) is 0 Å². The zero-order chi connectivity index (χ0) is 22.8. The summed E-state index contributed by atoms with van der Waals surface area (Å²) >= 11 is 12.2. The van der Waals surface area contributed by atoms with Gasteiger partial charge in [0.1, 0.15) is 0 Å². The van der Waals surface area contributed by atoms with Crippen LogP contribution in [-0.4, -0.2) is 11.6 Å². The zero-order valence-electron chi connectivity index (χ0n) is 18.7. The van der Waals surface area contributed by atoms with E-state index in [9.17, 15) is 9.59 Å². The number of carbonyl (C=O) groups is 2. The van der Waals surface area contributed by atoms with E-state index in [-0.39, 0.29) is 24.0 Å². The van der Waals surface area contributed by atoms with Crippen molar-refractivity contribution in [3.05, 3.63) is 80.8 Å². The third kappa shape index (κ3) is 3.02. The van der Waals surface area contributed by atoms with Gasteiger partial charge in [-0.05, 0) is 55.1 Å². The Balaban J connectivity index is 1.84. The van der Waals surface area contributed by atoms with Crippen LogP contribution in [0.5, 0.6) is 0 Å². The van der Waals surface area contributed by atoms with Crippen molar-refractivity contribution in [1.29, 1.82) is 0 Å². The minimum absolute atomic E-state index is 0.00458. The predicted molar refractivity (Wildman–Crippen MR) is 104 cm³/mol. The van der Waals surface area contributed by atoms with E-state index in [1.54, 1.807) is 36.4 Å². The number of carbonyl (C=O) groups excluding carboxylic acids is 2. The highest BCUT2D eigenvalue weighted by Gasteiger charge is 2.36. The molecule has 132 valence electrons. The molecular formula is C22H18Cl2O2. The highest BCUT2D eigenvalue weighted by Crippen LogP contribution is 2.43. The third-order valence-electron chi connectivity index (χ3n) is 4.70. The smallest absolute Gasteiger partial charge is 0.205 e. The minimum atomic E-state index is -2.67. The van der Waals surface area contributed by atoms with E-state index in [1.165, 1.54) is 12.1 Å². The molecule has 26 heavy (non-hydrogen) atoms. The van der Waals surface area contributed by atoms with Crippen LogP contribution in [0, 0.1) is 5.89 Å². The van der Waals surface area contributed by atoms with Crippen LogP contribution in [0.2, 0.25) is 5.02 Å². The van der Waals surface area contributed by atoms with E-state index in [2.05, 4.69) is 0 Å². The number of halogens is 2. The van der Waals surface area contributed by atoms with Crippen LogP contribution in [0.25, 0.3) is 0 Å². The summed E-state index contributed by atoms with van der Waals surface area (Å²) in [6, 6.07) is 12.7. The molecular weight excluding hydrogens is 367 g/mol. The first kappa shape index (κ1) is 12.5. The Labute approximate surface area is 169 Å². The van der Waals surface area contributed by atoms with Crippen molar-refractivity contribution in [2.24, 2.45) is 5.89 Å². The van der Waals surface area contributed by atoms with Crippen molar-refractivity contribution in [3.63, 3.8) is 0 Å². The molecule has 4 rings (SSSR count). The third-order valence-corrected chi connectivity index (χ3v) is 5.32. The van der Waals surface area contributed by atoms with Gasteiger partial charge in [-0.2, -0.15) is 0 Å². The Morgan fingerprint density at radius 3 is 2.08 bits per heavy atom. The minimum Gasteiger partial charge on any atom is -0.289 e. The molecule has 0 N–H and O–H groups in total. The van der Waals surface area contributed by atoms with E-state index in [4.69, 9.17) is 30.1 Å². The van der Waals surface area contributed by atoms with Crippen LogP contribution in [0.4, 0.5) is 0 Å². The summed E-state index contributed by atoms with van der Waals surface area (Å²) in [5.74, 6) is -4.69. The second-order valence-corrected chi connectivity index (χ2v) is 7.09. The molecule has 2 aliphatic rings. The fourth-order valence-electron chi connectivity index (χ4n) is 3.30. The lowest BCUT2D eigenvalue weighted by Crippen LogP contribution is -2.27. The summed E-state index contributed by atoms with van der Waals surface area (Å²) in [7, 11) is 0. The molecule has 1 fully saturated rings. The van der Waals surface area contributed by atoms with Crippen molar-refractivity contribution < 1.29 is 16.4 Å². The van der Waals surface area contributed by atoms with Crippen molar-refractivity contribution in [1.82, 2.24) is 0 Å². The summed E-state index contributed by atoms with van der Waals surface area (Å²) in [6.07, 6.45) is -5.41. The standard InChI is InChI=1S/C22H18Cl2O2/c23-16-11-9-14(10-12-16)13-5-7-15(8-6-13)19-20(24)22(26)18-4-2-1-3-17(18)21(19)25/h1-4,9-13,15H,5-8H2/i7D2,8D2,15D. The van der Waals surface area contributed by atoms with Gasteiger partial charge in [-0.1, -0.05) is 59.6 Å². The quantitative estimate of drug-likeness (QED) is 0.613. The first-order valence-corrected chi connectivity index (χ1v) is 9.00. The number of benzene rings is 2. The molecule has 2 nitrogen and oxygen atoms in total. The van der Waals surface area contributed by atoms with Gasteiger partial charge >= 0.3 is 0 Å². The number of hydrogen-bond acceptors (Lipinski definition) is 2. The van der Waals surface area contributed by atoms with Gasteiger partial charge in [0.25, 0.3) is 0 Å². The summed E-state index contributed by atoms with van der Waals surface area (Å²) < 4.78 is 43.7. The Morgan fingerprint density at radius 2 is 1.46 bits per heavy atom. The molecule has 0 aliphatic heterocycles. The van der Waals surface area contributed by atoms with Crippen molar-refractivity contribution in [2.75, 3.05) is 0 Å². The Bertz CT molecular complexity index is 1110. The second-order valence-electron chi connectivity index (χ2n) is 6.28. The number of hydrogen-bond donors (Lipinski definition) is 0. The van der Waals surface area contributed by atoms with Crippen molar-refractivity contribution >= 4 is 34.8 Å². The maximum atomic E-state index is 13.3. The highest BCUT2D eigenvalue weighted by atomic mass is 35.5. The average Bonchev–Trinajstić information content (AvgIpc) is 2.70. The van der Waals surface area contributed by atoms with E-state index in [1.807, 2.05) is 0 Å². The molecule has 0 aromatic heterocycles. The van der Waals surface area contributed by atoms with Gasteiger partial charge in [0.2, 0.25) is 5.78 Å². The molecule has 0 unspecified atom stereocenters. The molecule has 0 bridgehead atoms. The van der Waals surface area contributed by atoms with Gasteiger partial charge in [-0.25, -0.2) is 0 Å². The van der Waals surface area contributed by atoms with Crippen LogP contribution in [0.3, 0.4) is 0 Å². The van der Waals surface area contributed by atoms with Gasteiger partial charge in [0.05, 0.1) is 5.03 Å². The van der Waals surface area contributed by atoms with Gasteiger partial charge in [0.15, 0.2) is 5.78 Å². The summed E-state index contributed by atoms with van der Waals surface area (Å²) in [6.45, 7) is 0. The molecule has 2 aliphatic carbocycles. The van der Waals surface area contributed by atoms with E-state index >= 15 is 0 Å². The van der Waals surface area contributed by atoms with Gasteiger partial charge in [-0.3, -0.25) is 9.59 Å². The highest BCUT2D eigenvalue weighted by molar-refractivity contribution is 6.50. The molecule has 0 saturated heterocycles. The monoisotopic (exact) mass is 389 g/mol. The molecule has 0 atom stereocenters. The van der Waals surface area contributed by atoms with E-state index in [0.717, 1.165) is 0 Å². The normalized spacial score (nSPS) is 32.7. The van der Waals surface area contributed by atoms with E-state index < -0.39 is 46.7 Å². The fourth-order valence-corrected chi connectivity index (χ4v) is 3.71. The van der Waals surface area contributed by atoms with E-state index in [0.29, 0.717) is 10.6 Å². The van der Waals surface area contributed by atoms with Gasteiger partial charge in [0, 0.05) is 28.6 Å².